The van der Waals surface area contributed by atoms with Gasteiger partial charge in [-0.15, -0.1) is 9.24 Å². The molecule has 90 valence electrons. The number of aryl methyl sites for hydroxylation is 1. The molecule has 0 fully saturated rings. The molecule has 1 rings (SSSR count). The lowest BCUT2D eigenvalue weighted by molar-refractivity contribution is 0.101. The summed E-state index contributed by atoms with van der Waals surface area (Å²) in [6, 6.07) is 3.59. The average molecular weight is 248 g/mol. The molecule has 1 aromatic heterocycles. The SMILES string of the molecule is CC(=N)/C(=C(/C)P)c1nc(C)ccc1C(C)=O. The fourth-order valence-electron chi connectivity index (χ4n) is 1.69. The average Bonchev–Trinajstić information content (AvgIpc) is 2.15. The van der Waals surface area contributed by atoms with Crippen LogP contribution in [0.15, 0.2) is 17.4 Å². The standard InChI is InChI=1S/C13H17N2OP/c1-7-5-6-11(9(3)16)13(15-7)12(8(2)14)10(4)17/h5-6,14H,17H2,1-4H3/b12-10+,14-8?. The van der Waals surface area contributed by atoms with Crippen molar-refractivity contribution in [3.05, 3.63) is 34.4 Å². The van der Waals surface area contributed by atoms with Crippen molar-refractivity contribution < 1.29 is 4.79 Å². The minimum Gasteiger partial charge on any atom is -0.305 e. The first-order chi connectivity index (χ1) is 7.84. The largest absolute Gasteiger partial charge is 0.305 e. The van der Waals surface area contributed by atoms with Gasteiger partial charge in [-0.3, -0.25) is 9.78 Å². The number of Topliss-reactive ketones (excluding diaryl/α,β-unsaturated/α-hetero) is 1. The highest BCUT2D eigenvalue weighted by Crippen LogP contribution is 2.25. The Kier molecular flexibility index (Phi) is 4.30. The van der Waals surface area contributed by atoms with Gasteiger partial charge in [0.2, 0.25) is 0 Å². The van der Waals surface area contributed by atoms with Crippen LogP contribution in [0.3, 0.4) is 0 Å². The van der Waals surface area contributed by atoms with Gasteiger partial charge < -0.3 is 5.41 Å². The number of carbonyl (C=O) groups excluding carboxylic acids is 1. The van der Waals surface area contributed by atoms with E-state index in [1.807, 2.05) is 19.9 Å². The molecule has 0 aliphatic carbocycles. The minimum absolute atomic E-state index is 0.0301. The van der Waals surface area contributed by atoms with Crippen LogP contribution in [0.2, 0.25) is 0 Å². The van der Waals surface area contributed by atoms with Gasteiger partial charge in [0.1, 0.15) is 0 Å². The quantitative estimate of drug-likeness (QED) is 0.507. The molecule has 0 aliphatic rings. The van der Waals surface area contributed by atoms with E-state index in [-0.39, 0.29) is 5.78 Å². The molecule has 17 heavy (non-hydrogen) atoms. The molecule has 1 atom stereocenters. The van der Waals surface area contributed by atoms with Crippen molar-refractivity contribution >= 4 is 26.3 Å². The van der Waals surface area contributed by atoms with Crippen LogP contribution in [-0.2, 0) is 0 Å². The van der Waals surface area contributed by atoms with E-state index in [9.17, 15) is 4.79 Å². The van der Waals surface area contributed by atoms with Gasteiger partial charge >= 0.3 is 0 Å². The van der Waals surface area contributed by atoms with E-state index >= 15 is 0 Å². The van der Waals surface area contributed by atoms with Crippen molar-refractivity contribution in [2.24, 2.45) is 0 Å². The van der Waals surface area contributed by atoms with E-state index in [0.717, 1.165) is 16.6 Å². The van der Waals surface area contributed by atoms with E-state index in [0.29, 0.717) is 17.0 Å². The van der Waals surface area contributed by atoms with Crippen LogP contribution in [0.4, 0.5) is 0 Å². The topological polar surface area (TPSA) is 53.8 Å². The highest BCUT2D eigenvalue weighted by Gasteiger charge is 2.16. The summed E-state index contributed by atoms with van der Waals surface area (Å²) in [6.45, 7) is 7.00. The fourth-order valence-corrected chi connectivity index (χ4v) is 2.04. The Balaban J connectivity index is 3.58. The lowest BCUT2D eigenvalue weighted by Crippen LogP contribution is -2.07. The number of allylic oxidation sites excluding steroid dienone is 2. The van der Waals surface area contributed by atoms with Crippen LogP contribution < -0.4 is 0 Å². The van der Waals surface area contributed by atoms with Gasteiger partial charge in [-0.05, 0) is 45.1 Å². The lowest BCUT2D eigenvalue weighted by Gasteiger charge is -2.12. The van der Waals surface area contributed by atoms with E-state index in [2.05, 4.69) is 14.2 Å². The fraction of sp³-hybridized carbons (Fsp3) is 0.308. The second-order valence-corrected chi connectivity index (χ2v) is 4.95. The molecule has 0 amide bonds. The Bertz CT molecular complexity index is 514. The van der Waals surface area contributed by atoms with E-state index in [4.69, 9.17) is 5.41 Å². The van der Waals surface area contributed by atoms with Gasteiger partial charge in [0.15, 0.2) is 5.78 Å². The Labute approximate surface area is 104 Å². The molecule has 0 radical (unpaired) electrons. The third-order valence-electron chi connectivity index (χ3n) is 2.42. The molecule has 0 aliphatic heterocycles. The Morgan fingerprint density at radius 1 is 1.29 bits per heavy atom. The van der Waals surface area contributed by atoms with Crippen molar-refractivity contribution in [1.29, 1.82) is 5.41 Å². The smallest absolute Gasteiger partial charge is 0.161 e. The Hall–Kier alpha value is -1.34. The van der Waals surface area contributed by atoms with Crippen molar-refractivity contribution in [3.8, 4) is 0 Å². The van der Waals surface area contributed by atoms with Crippen molar-refractivity contribution in [2.75, 3.05) is 0 Å². The Morgan fingerprint density at radius 3 is 2.29 bits per heavy atom. The van der Waals surface area contributed by atoms with Crippen molar-refractivity contribution in [3.63, 3.8) is 0 Å². The van der Waals surface area contributed by atoms with E-state index in [1.165, 1.54) is 6.92 Å². The number of hydrogen-bond acceptors (Lipinski definition) is 3. The van der Waals surface area contributed by atoms with Gasteiger partial charge in [-0.1, -0.05) is 0 Å². The summed E-state index contributed by atoms with van der Waals surface area (Å²) in [5, 5.41) is 8.72. The number of nitrogens with one attached hydrogen (secondary N) is 1. The molecule has 1 aromatic rings. The number of nitrogens with zero attached hydrogens (tertiary/aromatic N) is 1. The maximum absolute atomic E-state index is 11.6. The highest BCUT2D eigenvalue weighted by molar-refractivity contribution is 7.23. The van der Waals surface area contributed by atoms with Crippen LogP contribution in [-0.4, -0.2) is 16.5 Å². The number of ketones is 1. The number of pyridine rings is 1. The number of carbonyl (C=O) groups is 1. The third-order valence-corrected chi connectivity index (χ3v) is 2.71. The molecule has 0 saturated heterocycles. The zero-order chi connectivity index (χ0) is 13.2. The normalized spacial score (nSPS) is 12.1. The van der Waals surface area contributed by atoms with Gasteiger partial charge in [-0.25, -0.2) is 0 Å². The Morgan fingerprint density at radius 2 is 1.88 bits per heavy atom. The second-order valence-electron chi connectivity index (χ2n) is 4.09. The van der Waals surface area contributed by atoms with Crippen LogP contribution in [0.25, 0.3) is 5.57 Å². The minimum atomic E-state index is -0.0301. The third kappa shape index (κ3) is 3.07. The zero-order valence-corrected chi connectivity index (χ0v) is 11.7. The van der Waals surface area contributed by atoms with Crippen molar-refractivity contribution in [1.82, 2.24) is 4.98 Å². The van der Waals surface area contributed by atoms with E-state index in [1.54, 1.807) is 13.0 Å². The summed E-state index contributed by atoms with van der Waals surface area (Å²) < 4.78 is 0. The summed E-state index contributed by atoms with van der Waals surface area (Å²) in [6.07, 6.45) is 0. The summed E-state index contributed by atoms with van der Waals surface area (Å²) in [5.41, 5.74) is 3.16. The number of aromatic nitrogens is 1. The van der Waals surface area contributed by atoms with Crippen LogP contribution in [0, 0.1) is 12.3 Å². The first-order valence-corrected chi connectivity index (χ1v) is 5.93. The van der Waals surface area contributed by atoms with Gasteiger partial charge in [-0.2, -0.15) is 0 Å². The van der Waals surface area contributed by atoms with Gasteiger partial charge in [0, 0.05) is 22.5 Å². The molecule has 3 nitrogen and oxygen atoms in total. The van der Waals surface area contributed by atoms with E-state index < -0.39 is 0 Å². The predicted molar refractivity (Wildman–Crippen MR) is 74.7 cm³/mol. The van der Waals surface area contributed by atoms with Crippen LogP contribution in [0.5, 0.6) is 0 Å². The molecular formula is C13H17N2OP. The summed E-state index contributed by atoms with van der Waals surface area (Å²) in [5.74, 6) is -0.0301. The molecule has 1 N–H and O–H groups in total. The predicted octanol–water partition coefficient (Wildman–Crippen LogP) is 3.24. The van der Waals surface area contributed by atoms with Crippen LogP contribution in [0.1, 0.15) is 42.5 Å². The first-order valence-electron chi connectivity index (χ1n) is 5.35. The number of hydrogen-bond donors (Lipinski definition) is 1. The maximum Gasteiger partial charge on any atom is 0.161 e. The summed E-state index contributed by atoms with van der Waals surface area (Å²) in [7, 11) is 2.57. The molecule has 4 heteroatoms. The van der Waals surface area contributed by atoms with Crippen molar-refractivity contribution in [2.45, 2.75) is 27.7 Å². The van der Waals surface area contributed by atoms with Gasteiger partial charge in [0.05, 0.1) is 5.69 Å². The molecule has 0 saturated carbocycles. The zero-order valence-electron chi connectivity index (χ0n) is 10.6. The second kappa shape index (κ2) is 5.33. The molecular weight excluding hydrogens is 231 g/mol. The lowest BCUT2D eigenvalue weighted by atomic mass is 9.99. The van der Waals surface area contributed by atoms with Crippen LogP contribution >= 0.6 is 9.24 Å². The molecule has 0 aromatic carbocycles. The molecule has 1 heterocycles. The first kappa shape index (κ1) is 13.7. The number of rotatable bonds is 3. The highest BCUT2D eigenvalue weighted by atomic mass is 31.0. The molecule has 0 spiro atoms. The molecule has 0 bridgehead atoms. The summed E-state index contributed by atoms with van der Waals surface area (Å²) >= 11 is 0. The monoisotopic (exact) mass is 248 g/mol. The molecule has 1 unspecified atom stereocenters. The maximum atomic E-state index is 11.6. The summed E-state index contributed by atoms with van der Waals surface area (Å²) in [4.78, 5) is 16.0. The van der Waals surface area contributed by atoms with Gasteiger partial charge in [0.25, 0.3) is 0 Å².